The van der Waals surface area contributed by atoms with E-state index in [1.165, 1.54) is 19.3 Å². The summed E-state index contributed by atoms with van der Waals surface area (Å²) in [5.41, 5.74) is 0.978. The largest absolute Gasteiger partial charge is 0.351 e. The predicted molar refractivity (Wildman–Crippen MR) is 65.7 cm³/mol. The first-order valence-corrected chi connectivity index (χ1v) is 6.03. The quantitative estimate of drug-likeness (QED) is 0.835. The van der Waals surface area contributed by atoms with Crippen molar-refractivity contribution in [3.8, 4) is 0 Å². The third-order valence-electron chi connectivity index (χ3n) is 3.14. The normalized spacial score (nSPS) is 21.1. The van der Waals surface area contributed by atoms with Crippen molar-refractivity contribution in [1.82, 2.24) is 15.5 Å². The van der Waals surface area contributed by atoms with Gasteiger partial charge in [0.05, 0.1) is 5.69 Å². The molecule has 2 rings (SSSR count). The summed E-state index contributed by atoms with van der Waals surface area (Å²) in [6.07, 6.45) is 3.83. The number of nitrogens with one attached hydrogen (secondary N) is 1. The van der Waals surface area contributed by atoms with Gasteiger partial charge in [-0.2, -0.15) is 5.10 Å². The predicted octanol–water partition coefficient (Wildman–Crippen LogP) is 1.36. The first kappa shape index (κ1) is 11.3. The molecule has 1 unspecified atom stereocenters. The Morgan fingerprint density at radius 1 is 1.38 bits per heavy atom. The molecule has 1 saturated heterocycles. The summed E-state index contributed by atoms with van der Waals surface area (Å²) in [7, 11) is 2.01. The topological polar surface area (TPSA) is 41.0 Å². The molecule has 4 heteroatoms. The van der Waals surface area contributed by atoms with Gasteiger partial charge < -0.3 is 10.2 Å². The van der Waals surface area contributed by atoms with E-state index in [2.05, 4.69) is 26.5 Å². The molecular weight excluding hydrogens is 200 g/mol. The lowest BCUT2D eigenvalue weighted by molar-refractivity contribution is 0.442. The second-order valence-electron chi connectivity index (χ2n) is 4.43. The summed E-state index contributed by atoms with van der Waals surface area (Å²) in [6, 6.07) is 4.68. The number of likely N-dealkylation sites (N-methyl/N-ethyl adjacent to an activating group) is 1. The summed E-state index contributed by atoms with van der Waals surface area (Å²) in [5, 5.41) is 11.7. The van der Waals surface area contributed by atoms with Crippen LogP contribution in [0.15, 0.2) is 12.1 Å². The Labute approximate surface area is 97.1 Å². The van der Waals surface area contributed by atoms with Crippen molar-refractivity contribution in [2.45, 2.75) is 32.2 Å². The van der Waals surface area contributed by atoms with Crippen LogP contribution < -0.4 is 10.2 Å². The first-order chi connectivity index (χ1) is 7.81. The van der Waals surface area contributed by atoms with Crippen LogP contribution in [0, 0.1) is 6.92 Å². The molecule has 88 valence electrons. The zero-order valence-electron chi connectivity index (χ0n) is 10.1. The van der Waals surface area contributed by atoms with E-state index < -0.39 is 0 Å². The van der Waals surface area contributed by atoms with E-state index in [4.69, 9.17) is 0 Å². The average Bonchev–Trinajstić information content (AvgIpc) is 2.32. The van der Waals surface area contributed by atoms with Gasteiger partial charge in [0.2, 0.25) is 0 Å². The minimum atomic E-state index is 0.566. The second-order valence-corrected chi connectivity index (χ2v) is 4.43. The molecule has 4 nitrogen and oxygen atoms in total. The van der Waals surface area contributed by atoms with Crippen LogP contribution in [0.1, 0.15) is 25.0 Å². The van der Waals surface area contributed by atoms with Gasteiger partial charge in [0, 0.05) is 19.1 Å². The highest BCUT2D eigenvalue weighted by molar-refractivity contribution is 5.39. The number of hydrogen-bond acceptors (Lipinski definition) is 4. The third-order valence-corrected chi connectivity index (χ3v) is 3.14. The summed E-state index contributed by atoms with van der Waals surface area (Å²) >= 11 is 0. The van der Waals surface area contributed by atoms with Crippen molar-refractivity contribution in [1.29, 1.82) is 0 Å². The van der Waals surface area contributed by atoms with Crippen molar-refractivity contribution < 1.29 is 0 Å². The maximum atomic E-state index is 4.28. The van der Waals surface area contributed by atoms with E-state index in [9.17, 15) is 0 Å². The van der Waals surface area contributed by atoms with E-state index in [-0.39, 0.29) is 0 Å². The Bertz CT molecular complexity index is 320. The summed E-state index contributed by atoms with van der Waals surface area (Å²) in [4.78, 5) is 2.38. The van der Waals surface area contributed by atoms with Crippen molar-refractivity contribution >= 4 is 5.82 Å². The van der Waals surface area contributed by atoms with Crippen molar-refractivity contribution in [2.24, 2.45) is 0 Å². The van der Waals surface area contributed by atoms with E-state index in [0.717, 1.165) is 24.6 Å². The number of hydrogen-bond donors (Lipinski definition) is 1. The fourth-order valence-corrected chi connectivity index (χ4v) is 2.30. The number of piperidine rings is 1. The van der Waals surface area contributed by atoms with Gasteiger partial charge in [-0.3, -0.25) is 0 Å². The lowest BCUT2D eigenvalue weighted by Gasteiger charge is -2.36. The zero-order chi connectivity index (χ0) is 11.4. The molecule has 0 bridgehead atoms. The highest BCUT2D eigenvalue weighted by Crippen LogP contribution is 2.22. The van der Waals surface area contributed by atoms with Gasteiger partial charge in [0.25, 0.3) is 0 Å². The Morgan fingerprint density at radius 3 is 2.94 bits per heavy atom. The van der Waals surface area contributed by atoms with Crippen LogP contribution in [0.2, 0.25) is 0 Å². The number of rotatable bonds is 3. The van der Waals surface area contributed by atoms with Gasteiger partial charge in [-0.1, -0.05) is 0 Å². The Hall–Kier alpha value is -1.16. The fraction of sp³-hybridized carbons (Fsp3) is 0.667. The molecule has 1 fully saturated rings. The van der Waals surface area contributed by atoms with E-state index in [1.54, 1.807) is 0 Å². The molecule has 1 aromatic rings. The minimum absolute atomic E-state index is 0.566. The first-order valence-electron chi connectivity index (χ1n) is 6.03. The van der Waals surface area contributed by atoms with Gasteiger partial charge in [-0.25, -0.2) is 0 Å². The van der Waals surface area contributed by atoms with Crippen LogP contribution in [0.25, 0.3) is 0 Å². The number of aryl methyl sites for hydroxylation is 1. The summed E-state index contributed by atoms with van der Waals surface area (Å²) in [6.45, 7) is 4.09. The van der Waals surface area contributed by atoms with Gasteiger partial charge in [0.15, 0.2) is 5.82 Å². The lowest BCUT2D eigenvalue weighted by Crippen LogP contribution is -2.45. The number of anilines is 1. The molecule has 0 amide bonds. The molecule has 2 heterocycles. The molecular formula is C12H20N4. The molecule has 1 atom stereocenters. The molecule has 1 aromatic heterocycles. The van der Waals surface area contributed by atoms with Crippen LogP contribution in [-0.4, -0.2) is 36.4 Å². The molecule has 0 aliphatic carbocycles. The highest BCUT2D eigenvalue weighted by atomic mass is 15.3. The van der Waals surface area contributed by atoms with E-state index >= 15 is 0 Å². The monoisotopic (exact) mass is 220 g/mol. The van der Waals surface area contributed by atoms with Crippen LogP contribution in [0.3, 0.4) is 0 Å². The fourth-order valence-electron chi connectivity index (χ4n) is 2.30. The number of nitrogens with zero attached hydrogens (tertiary/aromatic N) is 3. The highest BCUT2D eigenvalue weighted by Gasteiger charge is 2.22. The molecule has 16 heavy (non-hydrogen) atoms. The molecule has 0 spiro atoms. The van der Waals surface area contributed by atoms with Gasteiger partial charge >= 0.3 is 0 Å². The molecule has 0 aromatic carbocycles. The maximum absolute atomic E-state index is 4.28. The van der Waals surface area contributed by atoms with Crippen LogP contribution in [0.5, 0.6) is 0 Å². The molecule has 1 aliphatic heterocycles. The summed E-state index contributed by atoms with van der Waals surface area (Å²) in [5.74, 6) is 1.02. The lowest BCUT2D eigenvalue weighted by atomic mass is 10.0. The van der Waals surface area contributed by atoms with E-state index in [0.29, 0.717) is 6.04 Å². The zero-order valence-corrected chi connectivity index (χ0v) is 10.1. The average molecular weight is 220 g/mol. The van der Waals surface area contributed by atoms with Crippen molar-refractivity contribution in [3.63, 3.8) is 0 Å². The number of aromatic nitrogens is 2. The smallest absolute Gasteiger partial charge is 0.151 e. The SMILES string of the molecule is CNCC1CCCCN1c1ccc(C)nn1. The Balaban J connectivity index is 2.13. The van der Waals surface area contributed by atoms with Crippen LogP contribution >= 0.6 is 0 Å². The minimum Gasteiger partial charge on any atom is -0.351 e. The van der Waals surface area contributed by atoms with Crippen LogP contribution in [0.4, 0.5) is 5.82 Å². The second kappa shape index (κ2) is 5.25. The van der Waals surface area contributed by atoms with Crippen molar-refractivity contribution in [3.05, 3.63) is 17.8 Å². The van der Waals surface area contributed by atoms with Gasteiger partial charge in [0.1, 0.15) is 0 Å². The maximum Gasteiger partial charge on any atom is 0.151 e. The summed E-state index contributed by atoms with van der Waals surface area (Å²) < 4.78 is 0. The Morgan fingerprint density at radius 2 is 2.25 bits per heavy atom. The molecule has 1 N–H and O–H groups in total. The molecule has 0 saturated carbocycles. The van der Waals surface area contributed by atoms with E-state index in [1.807, 2.05) is 20.0 Å². The van der Waals surface area contributed by atoms with Gasteiger partial charge in [-0.05, 0) is 45.4 Å². The molecule has 0 radical (unpaired) electrons. The molecule has 1 aliphatic rings. The standard InChI is InChI=1S/C12H20N4/c1-10-6-7-12(15-14-10)16-8-4-3-5-11(16)9-13-2/h6-7,11,13H,3-5,8-9H2,1-2H3. The van der Waals surface area contributed by atoms with Gasteiger partial charge in [-0.15, -0.1) is 5.10 Å². The Kier molecular flexibility index (Phi) is 3.72. The third kappa shape index (κ3) is 2.50. The van der Waals surface area contributed by atoms with Crippen LogP contribution in [-0.2, 0) is 0 Å². The van der Waals surface area contributed by atoms with Crippen molar-refractivity contribution in [2.75, 3.05) is 25.0 Å².